The van der Waals surface area contributed by atoms with Crippen molar-refractivity contribution in [2.24, 2.45) is 23.7 Å². The number of nitrogens with zero attached hydrogens (tertiary/aromatic N) is 2. The number of aromatic nitrogens is 1. The van der Waals surface area contributed by atoms with Crippen molar-refractivity contribution in [1.29, 1.82) is 5.26 Å². The summed E-state index contributed by atoms with van der Waals surface area (Å²) in [5.74, 6) is 4.49. The van der Waals surface area contributed by atoms with Gasteiger partial charge in [-0.1, -0.05) is 0 Å². The van der Waals surface area contributed by atoms with Gasteiger partial charge < -0.3 is 0 Å². The third-order valence-corrected chi connectivity index (χ3v) is 5.94. The third kappa shape index (κ3) is 1.64. The fraction of sp³-hybridized carbons (Fsp3) is 0.647. The van der Waals surface area contributed by atoms with E-state index in [0.29, 0.717) is 11.6 Å². The summed E-state index contributed by atoms with van der Waals surface area (Å²) in [7, 11) is 0. The second kappa shape index (κ2) is 4.07. The Morgan fingerprint density at radius 2 is 1.74 bits per heavy atom. The van der Waals surface area contributed by atoms with Gasteiger partial charge >= 0.3 is 0 Å². The van der Waals surface area contributed by atoms with Crippen molar-refractivity contribution < 1.29 is 0 Å². The molecule has 2 nitrogen and oxygen atoms in total. The monoisotopic (exact) mass is 252 g/mol. The van der Waals surface area contributed by atoms with Gasteiger partial charge in [0.1, 0.15) is 11.8 Å². The maximum Gasteiger partial charge on any atom is 0.143 e. The molecule has 4 aliphatic carbocycles. The molecule has 0 aliphatic heterocycles. The molecule has 0 saturated heterocycles. The van der Waals surface area contributed by atoms with Crippen molar-refractivity contribution in [3.8, 4) is 6.07 Å². The van der Waals surface area contributed by atoms with Gasteiger partial charge in [-0.2, -0.15) is 5.26 Å². The van der Waals surface area contributed by atoms with Gasteiger partial charge in [0.25, 0.3) is 0 Å². The molecule has 0 N–H and O–H groups in total. The van der Waals surface area contributed by atoms with Crippen molar-refractivity contribution in [3.63, 3.8) is 0 Å². The molecule has 4 fully saturated rings. The molecule has 0 amide bonds. The standard InChI is InChI=1S/C17H20N2/c1-10-15(2-3-19-16(10)9-18)17-13-5-11-4-12(7-13)8-14(17)6-11/h2-3,11-14,17H,4-8H2,1H3. The van der Waals surface area contributed by atoms with E-state index in [1.807, 2.05) is 6.20 Å². The first kappa shape index (κ1) is 11.5. The summed E-state index contributed by atoms with van der Waals surface area (Å²) < 4.78 is 0. The molecule has 0 radical (unpaired) electrons. The van der Waals surface area contributed by atoms with Crippen LogP contribution in [-0.4, -0.2) is 4.98 Å². The molecule has 4 aliphatic rings. The fourth-order valence-corrected chi connectivity index (χ4v) is 5.46. The largest absolute Gasteiger partial charge is 0.245 e. The van der Waals surface area contributed by atoms with Gasteiger partial charge in [0.05, 0.1) is 0 Å². The number of pyridine rings is 1. The van der Waals surface area contributed by atoms with E-state index in [-0.39, 0.29) is 0 Å². The summed E-state index contributed by atoms with van der Waals surface area (Å²) in [6.45, 7) is 2.09. The van der Waals surface area contributed by atoms with E-state index < -0.39 is 0 Å². The first-order valence-corrected chi connectivity index (χ1v) is 7.62. The molecule has 1 heterocycles. The molecule has 4 saturated carbocycles. The minimum atomic E-state index is 0.631. The molecule has 5 rings (SSSR count). The molecule has 0 aromatic carbocycles. The van der Waals surface area contributed by atoms with Crippen LogP contribution in [0.4, 0.5) is 0 Å². The van der Waals surface area contributed by atoms with Crippen molar-refractivity contribution >= 4 is 0 Å². The highest BCUT2D eigenvalue weighted by Crippen LogP contribution is 2.60. The molecule has 4 bridgehead atoms. The Kier molecular flexibility index (Phi) is 2.45. The normalized spacial score (nSPS) is 39.3. The van der Waals surface area contributed by atoms with E-state index in [4.69, 9.17) is 0 Å². The first-order valence-electron chi connectivity index (χ1n) is 7.62. The van der Waals surface area contributed by atoms with Crippen LogP contribution in [0.5, 0.6) is 0 Å². The molecule has 1 aromatic rings. The summed E-state index contributed by atoms with van der Waals surface area (Å²) in [5.41, 5.74) is 3.20. The summed E-state index contributed by atoms with van der Waals surface area (Å²) >= 11 is 0. The van der Waals surface area contributed by atoms with Crippen LogP contribution in [0.25, 0.3) is 0 Å². The predicted octanol–water partition coefficient (Wildman–Crippen LogP) is 3.80. The van der Waals surface area contributed by atoms with Crippen molar-refractivity contribution in [3.05, 3.63) is 29.1 Å². The Hall–Kier alpha value is -1.36. The van der Waals surface area contributed by atoms with Crippen LogP contribution < -0.4 is 0 Å². The fourth-order valence-electron chi connectivity index (χ4n) is 5.46. The van der Waals surface area contributed by atoms with Gasteiger partial charge in [-0.25, -0.2) is 4.98 Å². The molecule has 0 spiro atoms. The molecular formula is C17H20N2. The zero-order chi connectivity index (χ0) is 13.0. The van der Waals surface area contributed by atoms with E-state index in [9.17, 15) is 5.26 Å². The van der Waals surface area contributed by atoms with Gasteiger partial charge in [0, 0.05) is 6.20 Å². The van der Waals surface area contributed by atoms with Crippen LogP contribution in [0.2, 0.25) is 0 Å². The third-order valence-electron chi connectivity index (χ3n) is 5.94. The molecular weight excluding hydrogens is 232 g/mol. The second-order valence-corrected chi connectivity index (χ2v) is 6.94. The van der Waals surface area contributed by atoms with Crippen LogP contribution in [0.15, 0.2) is 12.3 Å². The van der Waals surface area contributed by atoms with E-state index in [1.165, 1.54) is 37.7 Å². The number of hydrogen-bond donors (Lipinski definition) is 0. The van der Waals surface area contributed by atoms with Crippen LogP contribution in [-0.2, 0) is 0 Å². The molecule has 98 valence electrons. The highest BCUT2D eigenvalue weighted by Gasteiger charge is 2.48. The summed E-state index contributed by atoms with van der Waals surface area (Å²) in [6.07, 6.45) is 9.07. The predicted molar refractivity (Wildman–Crippen MR) is 73.5 cm³/mol. The summed E-state index contributed by atoms with van der Waals surface area (Å²) in [6, 6.07) is 4.43. The number of hydrogen-bond acceptors (Lipinski definition) is 2. The zero-order valence-corrected chi connectivity index (χ0v) is 11.5. The Labute approximate surface area is 114 Å². The van der Waals surface area contributed by atoms with Crippen LogP contribution in [0.1, 0.15) is 54.8 Å². The molecule has 19 heavy (non-hydrogen) atoms. The van der Waals surface area contributed by atoms with Gasteiger partial charge in [-0.15, -0.1) is 0 Å². The molecule has 1 aromatic heterocycles. The van der Waals surface area contributed by atoms with E-state index in [2.05, 4.69) is 24.0 Å². The molecule has 2 heteroatoms. The minimum Gasteiger partial charge on any atom is -0.245 e. The van der Waals surface area contributed by atoms with Gasteiger partial charge in [0.15, 0.2) is 0 Å². The SMILES string of the molecule is Cc1c(C2C3CC4CC(C3)CC2C4)ccnc1C#N. The van der Waals surface area contributed by atoms with E-state index >= 15 is 0 Å². The summed E-state index contributed by atoms with van der Waals surface area (Å²) in [5, 5.41) is 9.18. The first-order chi connectivity index (χ1) is 9.26. The Morgan fingerprint density at radius 1 is 1.11 bits per heavy atom. The lowest BCUT2D eigenvalue weighted by Crippen LogP contribution is -2.44. The maximum atomic E-state index is 9.18. The van der Waals surface area contributed by atoms with E-state index in [0.717, 1.165) is 29.2 Å². The van der Waals surface area contributed by atoms with Gasteiger partial charge in [0.2, 0.25) is 0 Å². The average molecular weight is 252 g/mol. The Bertz CT molecular complexity index is 527. The highest BCUT2D eigenvalue weighted by atomic mass is 14.7. The number of rotatable bonds is 1. The summed E-state index contributed by atoms with van der Waals surface area (Å²) in [4.78, 5) is 4.21. The quantitative estimate of drug-likeness (QED) is 0.762. The lowest BCUT2D eigenvalue weighted by atomic mass is 9.50. The maximum absolute atomic E-state index is 9.18. The lowest BCUT2D eigenvalue weighted by Gasteiger charge is -2.55. The van der Waals surface area contributed by atoms with Crippen molar-refractivity contribution in [1.82, 2.24) is 4.98 Å². The van der Waals surface area contributed by atoms with Crippen molar-refractivity contribution in [2.45, 2.75) is 44.9 Å². The van der Waals surface area contributed by atoms with E-state index in [1.54, 1.807) is 0 Å². The zero-order valence-electron chi connectivity index (χ0n) is 11.5. The molecule has 0 unspecified atom stereocenters. The Morgan fingerprint density at radius 3 is 2.32 bits per heavy atom. The lowest BCUT2D eigenvalue weighted by molar-refractivity contribution is -0.00301. The molecule has 0 atom stereocenters. The Balaban J connectivity index is 1.75. The number of nitriles is 1. The smallest absolute Gasteiger partial charge is 0.143 e. The van der Waals surface area contributed by atoms with Gasteiger partial charge in [-0.05, 0) is 85.8 Å². The van der Waals surface area contributed by atoms with Crippen LogP contribution in [0.3, 0.4) is 0 Å². The highest BCUT2D eigenvalue weighted by molar-refractivity contribution is 5.39. The second-order valence-electron chi connectivity index (χ2n) is 6.94. The van der Waals surface area contributed by atoms with Crippen LogP contribution >= 0.6 is 0 Å². The topological polar surface area (TPSA) is 36.7 Å². The average Bonchev–Trinajstić information content (AvgIpc) is 2.39. The van der Waals surface area contributed by atoms with Crippen molar-refractivity contribution in [2.75, 3.05) is 0 Å². The minimum absolute atomic E-state index is 0.631. The van der Waals surface area contributed by atoms with Gasteiger partial charge in [-0.3, -0.25) is 0 Å². The van der Waals surface area contributed by atoms with Crippen LogP contribution in [0, 0.1) is 41.9 Å².